The number of nitrogens with zero attached hydrogens (tertiary/aromatic N) is 2. The highest BCUT2D eigenvalue weighted by molar-refractivity contribution is 5.64. The van der Waals surface area contributed by atoms with E-state index < -0.39 is 0 Å². The van der Waals surface area contributed by atoms with Gasteiger partial charge >= 0.3 is 0 Å². The molecule has 0 radical (unpaired) electrons. The van der Waals surface area contributed by atoms with Crippen LogP contribution < -0.4 is 10.6 Å². The van der Waals surface area contributed by atoms with Crippen molar-refractivity contribution < 1.29 is 4.39 Å². The van der Waals surface area contributed by atoms with E-state index in [0.29, 0.717) is 17.3 Å². The first kappa shape index (κ1) is 15.0. The maximum atomic E-state index is 13.2. The lowest BCUT2D eigenvalue weighted by atomic mass is 10.1. The molecule has 2 aromatic carbocycles. The second kappa shape index (κ2) is 6.87. The van der Waals surface area contributed by atoms with E-state index in [1.165, 1.54) is 24.0 Å². The molecule has 3 rings (SSSR count). The number of hydrogen-bond donors (Lipinski definition) is 2. The summed E-state index contributed by atoms with van der Waals surface area (Å²) in [7, 11) is 0. The molecule has 5 heteroatoms. The number of hydrogen-bond acceptors (Lipinski definition) is 4. The summed E-state index contributed by atoms with van der Waals surface area (Å²) in [6, 6.07) is 16.1. The van der Waals surface area contributed by atoms with Gasteiger partial charge in [-0.05, 0) is 36.2 Å². The topological polar surface area (TPSA) is 49.8 Å². The molecular weight excluding hydrogens is 291 g/mol. The number of rotatable bonds is 5. The third-order valence-corrected chi connectivity index (χ3v) is 3.43. The maximum absolute atomic E-state index is 13.2. The first-order chi connectivity index (χ1) is 11.2. The Morgan fingerprint density at radius 1 is 0.913 bits per heavy atom. The molecule has 0 saturated carbocycles. The predicted molar refractivity (Wildman–Crippen MR) is 90.8 cm³/mol. The Bertz CT molecular complexity index is 804. The van der Waals surface area contributed by atoms with Gasteiger partial charge in [0.05, 0.1) is 0 Å². The van der Waals surface area contributed by atoms with Crippen LogP contribution in [-0.4, -0.2) is 9.97 Å². The van der Waals surface area contributed by atoms with Crippen molar-refractivity contribution in [3.05, 3.63) is 72.3 Å². The smallest absolute Gasteiger partial charge is 0.135 e. The van der Waals surface area contributed by atoms with E-state index >= 15 is 0 Å². The summed E-state index contributed by atoms with van der Waals surface area (Å²) >= 11 is 0. The Morgan fingerprint density at radius 2 is 1.70 bits per heavy atom. The van der Waals surface area contributed by atoms with Crippen LogP contribution in [0.4, 0.5) is 27.4 Å². The number of anilines is 4. The molecule has 0 bridgehead atoms. The number of nitrogens with one attached hydrogen (secondary N) is 2. The fraction of sp³-hybridized carbons (Fsp3) is 0.111. The molecule has 2 N–H and O–H groups in total. The Labute approximate surface area is 134 Å². The van der Waals surface area contributed by atoms with Gasteiger partial charge < -0.3 is 10.6 Å². The molecule has 4 nitrogen and oxygen atoms in total. The normalized spacial score (nSPS) is 10.3. The van der Waals surface area contributed by atoms with Crippen LogP contribution in [0.1, 0.15) is 12.5 Å². The molecular formula is C18H17FN4. The van der Waals surface area contributed by atoms with Crippen LogP contribution in [0.25, 0.3) is 0 Å². The summed E-state index contributed by atoms with van der Waals surface area (Å²) in [5, 5.41) is 6.36. The van der Waals surface area contributed by atoms with Gasteiger partial charge in [0.1, 0.15) is 23.8 Å². The predicted octanol–water partition coefficient (Wildman–Crippen LogP) is 4.67. The minimum atomic E-state index is -0.292. The van der Waals surface area contributed by atoms with Crippen molar-refractivity contribution in [3.8, 4) is 0 Å². The minimum absolute atomic E-state index is 0.292. The summed E-state index contributed by atoms with van der Waals surface area (Å²) < 4.78 is 13.2. The van der Waals surface area contributed by atoms with Gasteiger partial charge in [-0.15, -0.1) is 0 Å². The average Bonchev–Trinajstić information content (AvgIpc) is 2.56. The lowest BCUT2D eigenvalue weighted by Crippen LogP contribution is -2.00. The van der Waals surface area contributed by atoms with Gasteiger partial charge in [0.25, 0.3) is 0 Å². The van der Waals surface area contributed by atoms with Crippen LogP contribution >= 0.6 is 0 Å². The summed E-state index contributed by atoms with van der Waals surface area (Å²) in [5.74, 6) is 0.987. The third kappa shape index (κ3) is 3.83. The molecule has 1 heterocycles. The zero-order valence-corrected chi connectivity index (χ0v) is 12.8. The van der Waals surface area contributed by atoms with E-state index in [1.807, 2.05) is 18.2 Å². The molecule has 0 aliphatic heterocycles. The molecule has 0 aliphatic carbocycles. The van der Waals surface area contributed by atoms with Gasteiger partial charge in [-0.2, -0.15) is 0 Å². The van der Waals surface area contributed by atoms with E-state index in [2.05, 4.69) is 33.6 Å². The first-order valence-electron chi connectivity index (χ1n) is 7.44. The number of aromatic nitrogens is 2. The van der Waals surface area contributed by atoms with E-state index in [9.17, 15) is 4.39 Å². The van der Waals surface area contributed by atoms with Crippen LogP contribution in [0.15, 0.2) is 60.9 Å². The molecule has 0 aliphatic rings. The SMILES string of the molecule is CCc1ccccc1Nc1cc(Nc2cccc(F)c2)ncn1. The molecule has 3 aromatic rings. The molecule has 1 aromatic heterocycles. The van der Waals surface area contributed by atoms with Crippen molar-refractivity contribution >= 4 is 23.0 Å². The molecule has 0 spiro atoms. The van der Waals surface area contributed by atoms with E-state index in [4.69, 9.17) is 0 Å². The molecule has 0 unspecified atom stereocenters. The van der Waals surface area contributed by atoms with Crippen molar-refractivity contribution in [1.82, 2.24) is 9.97 Å². The second-order valence-corrected chi connectivity index (χ2v) is 5.06. The zero-order valence-electron chi connectivity index (χ0n) is 12.8. The molecule has 0 fully saturated rings. The quantitative estimate of drug-likeness (QED) is 0.719. The van der Waals surface area contributed by atoms with Crippen molar-refractivity contribution in [1.29, 1.82) is 0 Å². The maximum Gasteiger partial charge on any atom is 0.135 e. The molecule has 23 heavy (non-hydrogen) atoms. The summed E-state index contributed by atoms with van der Waals surface area (Å²) in [6.45, 7) is 2.11. The fourth-order valence-electron chi connectivity index (χ4n) is 2.30. The van der Waals surface area contributed by atoms with Crippen LogP contribution in [0.5, 0.6) is 0 Å². The van der Waals surface area contributed by atoms with E-state index in [0.717, 1.165) is 12.1 Å². The van der Waals surface area contributed by atoms with Crippen molar-refractivity contribution in [2.24, 2.45) is 0 Å². The summed E-state index contributed by atoms with van der Waals surface area (Å²) in [6.07, 6.45) is 2.40. The van der Waals surface area contributed by atoms with Crippen molar-refractivity contribution in [2.75, 3.05) is 10.6 Å². The van der Waals surface area contributed by atoms with Gasteiger partial charge in [-0.1, -0.05) is 31.2 Å². The van der Waals surface area contributed by atoms with Crippen LogP contribution in [0.3, 0.4) is 0 Å². The van der Waals surface area contributed by atoms with Gasteiger partial charge in [0.2, 0.25) is 0 Å². The highest BCUT2D eigenvalue weighted by Gasteiger charge is 2.04. The fourth-order valence-corrected chi connectivity index (χ4v) is 2.30. The minimum Gasteiger partial charge on any atom is -0.340 e. The van der Waals surface area contributed by atoms with Crippen LogP contribution in [0, 0.1) is 5.82 Å². The number of benzene rings is 2. The largest absolute Gasteiger partial charge is 0.340 e. The average molecular weight is 308 g/mol. The third-order valence-electron chi connectivity index (χ3n) is 3.43. The number of para-hydroxylation sites is 1. The Hall–Kier alpha value is -2.95. The van der Waals surface area contributed by atoms with Crippen molar-refractivity contribution in [2.45, 2.75) is 13.3 Å². The molecule has 0 atom stereocenters. The summed E-state index contributed by atoms with van der Waals surface area (Å²) in [5.41, 5.74) is 2.87. The highest BCUT2D eigenvalue weighted by atomic mass is 19.1. The van der Waals surface area contributed by atoms with E-state index in [-0.39, 0.29) is 5.82 Å². The molecule has 116 valence electrons. The van der Waals surface area contributed by atoms with Gasteiger partial charge in [0.15, 0.2) is 0 Å². The monoisotopic (exact) mass is 308 g/mol. The molecule has 0 amide bonds. The Morgan fingerprint density at radius 3 is 2.48 bits per heavy atom. The van der Waals surface area contributed by atoms with Crippen molar-refractivity contribution in [3.63, 3.8) is 0 Å². The first-order valence-corrected chi connectivity index (χ1v) is 7.44. The van der Waals surface area contributed by atoms with Gasteiger partial charge in [-0.3, -0.25) is 0 Å². The summed E-state index contributed by atoms with van der Waals surface area (Å²) in [4.78, 5) is 8.40. The standard InChI is InChI=1S/C18H17FN4/c1-2-13-6-3-4-9-16(13)23-18-11-17(20-12-21-18)22-15-8-5-7-14(19)10-15/h3-12H,2H2,1H3,(H2,20,21,22,23). The van der Waals surface area contributed by atoms with Crippen LogP contribution in [0.2, 0.25) is 0 Å². The van der Waals surface area contributed by atoms with E-state index in [1.54, 1.807) is 18.2 Å². The zero-order chi connectivity index (χ0) is 16.1. The number of aryl methyl sites for hydroxylation is 1. The van der Waals surface area contributed by atoms with Gasteiger partial charge in [0, 0.05) is 17.4 Å². The van der Waals surface area contributed by atoms with Gasteiger partial charge in [-0.25, -0.2) is 14.4 Å². The Balaban J connectivity index is 1.80. The lowest BCUT2D eigenvalue weighted by Gasteiger charge is -2.11. The lowest BCUT2D eigenvalue weighted by molar-refractivity contribution is 0.628. The second-order valence-electron chi connectivity index (χ2n) is 5.06. The highest BCUT2D eigenvalue weighted by Crippen LogP contribution is 2.22. The number of halogens is 1. The van der Waals surface area contributed by atoms with Crippen LogP contribution in [-0.2, 0) is 6.42 Å². The Kier molecular flexibility index (Phi) is 4.47. The molecule has 0 saturated heterocycles.